The van der Waals surface area contributed by atoms with Gasteiger partial charge >= 0.3 is 0 Å². The standard InChI is InChI=1S/C14H16Cl2N4O/c1-4-20-8-12(18-19-20)14(2,3)17-13(21)9-5-10(15)7-11(16)6-9/h5-8H,4H2,1-3H3,(H,17,21). The highest BCUT2D eigenvalue weighted by Crippen LogP contribution is 2.21. The molecular formula is C14H16Cl2N4O. The molecule has 0 atom stereocenters. The number of nitrogens with one attached hydrogen (secondary N) is 1. The zero-order valence-electron chi connectivity index (χ0n) is 12.0. The van der Waals surface area contributed by atoms with Crippen molar-refractivity contribution in [2.24, 2.45) is 0 Å². The Kier molecular flexibility index (Phi) is 4.54. The first-order valence-corrected chi connectivity index (χ1v) is 7.26. The Hall–Kier alpha value is -1.59. The van der Waals surface area contributed by atoms with Gasteiger partial charge in [0, 0.05) is 22.2 Å². The highest BCUT2D eigenvalue weighted by atomic mass is 35.5. The van der Waals surface area contributed by atoms with E-state index in [0.717, 1.165) is 6.54 Å². The van der Waals surface area contributed by atoms with Crippen LogP contribution in [0.5, 0.6) is 0 Å². The van der Waals surface area contributed by atoms with E-state index in [2.05, 4.69) is 15.6 Å². The topological polar surface area (TPSA) is 59.8 Å². The summed E-state index contributed by atoms with van der Waals surface area (Å²) in [5, 5.41) is 11.8. The minimum absolute atomic E-state index is 0.268. The van der Waals surface area contributed by atoms with Crippen molar-refractivity contribution in [2.45, 2.75) is 32.9 Å². The van der Waals surface area contributed by atoms with E-state index in [9.17, 15) is 4.79 Å². The largest absolute Gasteiger partial charge is 0.341 e. The molecule has 0 unspecified atom stereocenters. The summed E-state index contributed by atoms with van der Waals surface area (Å²) in [5.41, 5.74) is 0.438. The number of hydrogen-bond donors (Lipinski definition) is 1. The molecular weight excluding hydrogens is 311 g/mol. The molecule has 7 heteroatoms. The van der Waals surface area contributed by atoms with E-state index in [-0.39, 0.29) is 5.91 Å². The number of halogens is 2. The van der Waals surface area contributed by atoms with Crippen molar-refractivity contribution in [3.63, 3.8) is 0 Å². The van der Waals surface area contributed by atoms with Crippen LogP contribution in [0.25, 0.3) is 0 Å². The van der Waals surface area contributed by atoms with Crippen LogP contribution in [0.3, 0.4) is 0 Å². The number of rotatable bonds is 4. The molecule has 0 spiro atoms. The van der Waals surface area contributed by atoms with E-state index in [4.69, 9.17) is 23.2 Å². The number of carbonyl (C=O) groups excluding carboxylic acids is 1. The average Bonchev–Trinajstić information content (AvgIpc) is 2.86. The molecule has 0 aliphatic carbocycles. The molecule has 0 aliphatic rings. The maximum atomic E-state index is 12.3. The zero-order chi connectivity index (χ0) is 15.6. The molecule has 112 valence electrons. The van der Waals surface area contributed by atoms with Crippen LogP contribution in [0, 0.1) is 0 Å². The zero-order valence-corrected chi connectivity index (χ0v) is 13.5. The summed E-state index contributed by atoms with van der Waals surface area (Å²) >= 11 is 11.8. The lowest BCUT2D eigenvalue weighted by molar-refractivity contribution is 0.0910. The summed E-state index contributed by atoms with van der Waals surface area (Å²) in [6.07, 6.45) is 1.81. The van der Waals surface area contributed by atoms with Gasteiger partial charge in [0.1, 0.15) is 5.69 Å². The van der Waals surface area contributed by atoms with Gasteiger partial charge in [-0.25, -0.2) is 0 Å². The van der Waals surface area contributed by atoms with Crippen LogP contribution in [-0.2, 0) is 12.1 Å². The van der Waals surface area contributed by atoms with Crippen molar-refractivity contribution >= 4 is 29.1 Å². The lowest BCUT2D eigenvalue weighted by Gasteiger charge is -2.23. The Morgan fingerprint density at radius 3 is 2.43 bits per heavy atom. The van der Waals surface area contributed by atoms with Gasteiger partial charge in [-0.3, -0.25) is 9.48 Å². The smallest absolute Gasteiger partial charge is 0.252 e. The molecule has 2 aromatic rings. The van der Waals surface area contributed by atoms with Crippen LogP contribution in [0.2, 0.25) is 10.0 Å². The normalized spacial score (nSPS) is 11.5. The van der Waals surface area contributed by atoms with Gasteiger partial charge in [0.15, 0.2) is 0 Å². The predicted octanol–water partition coefficient (Wildman–Crippen LogP) is 3.27. The van der Waals surface area contributed by atoms with Crippen LogP contribution in [-0.4, -0.2) is 20.9 Å². The van der Waals surface area contributed by atoms with Crippen LogP contribution in [0.15, 0.2) is 24.4 Å². The van der Waals surface area contributed by atoms with E-state index in [1.807, 2.05) is 27.0 Å². The summed E-state index contributed by atoms with van der Waals surface area (Å²) in [6, 6.07) is 4.72. The second-order valence-corrected chi connectivity index (χ2v) is 6.07. The van der Waals surface area contributed by atoms with Crippen molar-refractivity contribution in [1.82, 2.24) is 20.3 Å². The molecule has 0 radical (unpaired) electrons. The number of carbonyl (C=O) groups is 1. The van der Waals surface area contributed by atoms with E-state index in [0.29, 0.717) is 21.3 Å². The third-order valence-corrected chi connectivity index (χ3v) is 3.49. The number of amides is 1. The van der Waals surface area contributed by atoms with Crippen molar-refractivity contribution in [3.8, 4) is 0 Å². The highest BCUT2D eigenvalue weighted by molar-refractivity contribution is 6.35. The molecule has 0 bridgehead atoms. The minimum atomic E-state index is -0.653. The third-order valence-electron chi connectivity index (χ3n) is 3.05. The summed E-state index contributed by atoms with van der Waals surface area (Å²) in [5.74, 6) is -0.268. The summed E-state index contributed by atoms with van der Waals surface area (Å²) in [4.78, 5) is 12.3. The summed E-state index contributed by atoms with van der Waals surface area (Å²) in [7, 11) is 0. The lowest BCUT2D eigenvalue weighted by atomic mass is 10.0. The Bertz CT molecular complexity index is 646. The molecule has 0 saturated carbocycles. The number of benzene rings is 1. The highest BCUT2D eigenvalue weighted by Gasteiger charge is 2.27. The Morgan fingerprint density at radius 1 is 1.29 bits per heavy atom. The maximum absolute atomic E-state index is 12.3. The lowest BCUT2D eigenvalue weighted by Crippen LogP contribution is -2.41. The van der Waals surface area contributed by atoms with Gasteiger partial charge in [0.2, 0.25) is 0 Å². The first-order chi connectivity index (χ1) is 9.81. The Morgan fingerprint density at radius 2 is 1.90 bits per heavy atom. The number of nitrogens with zero attached hydrogens (tertiary/aromatic N) is 3. The number of aromatic nitrogens is 3. The van der Waals surface area contributed by atoms with E-state index in [1.54, 1.807) is 22.9 Å². The van der Waals surface area contributed by atoms with Gasteiger partial charge in [-0.2, -0.15) is 0 Å². The monoisotopic (exact) mass is 326 g/mol. The molecule has 1 amide bonds. The average molecular weight is 327 g/mol. The van der Waals surface area contributed by atoms with Gasteiger partial charge in [-0.1, -0.05) is 28.4 Å². The van der Waals surface area contributed by atoms with E-state index >= 15 is 0 Å². The van der Waals surface area contributed by atoms with Gasteiger partial charge in [-0.05, 0) is 39.0 Å². The molecule has 1 N–H and O–H groups in total. The van der Waals surface area contributed by atoms with Crippen molar-refractivity contribution in [2.75, 3.05) is 0 Å². The fourth-order valence-corrected chi connectivity index (χ4v) is 2.37. The molecule has 5 nitrogen and oxygen atoms in total. The third kappa shape index (κ3) is 3.74. The van der Waals surface area contributed by atoms with Crippen molar-refractivity contribution in [1.29, 1.82) is 0 Å². The van der Waals surface area contributed by atoms with E-state index < -0.39 is 5.54 Å². The first-order valence-electron chi connectivity index (χ1n) is 6.51. The number of hydrogen-bond acceptors (Lipinski definition) is 3. The maximum Gasteiger partial charge on any atom is 0.252 e. The summed E-state index contributed by atoms with van der Waals surface area (Å²) in [6.45, 7) is 6.42. The molecule has 1 aromatic carbocycles. The fraction of sp³-hybridized carbons (Fsp3) is 0.357. The van der Waals surface area contributed by atoms with Crippen molar-refractivity contribution in [3.05, 3.63) is 45.7 Å². The van der Waals surface area contributed by atoms with Gasteiger partial charge < -0.3 is 5.32 Å². The van der Waals surface area contributed by atoms with Gasteiger partial charge in [-0.15, -0.1) is 5.10 Å². The SMILES string of the molecule is CCn1cc(C(C)(C)NC(=O)c2cc(Cl)cc(Cl)c2)nn1. The molecule has 2 rings (SSSR count). The van der Waals surface area contributed by atoms with Crippen LogP contribution in [0.4, 0.5) is 0 Å². The number of aryl methyl sites for hydroxylation is 1. The van der Waals surface area contributed by atoms with Crippen molar-refractivity contribution < 1.29 is 4.79 Å². The molecule has 1 heterocycles. The minimum Gasteiger partial charge on any atom is -0.341 e. The van der Waals surface area contributed by atoms with Crippen LogP contribution < -0.4 is 5.32 Å². The summed E-state index contributed by atoms with van der Waals surface area (Å²) < 4.78 is 1.71. The van der Waals surface area contributed by atoms with Gasteiger partial charge in [0.05, 0.1) is 11.7 Å². The Labute approximate surface area is 133 Å². The quantitative estimate of drug-likeness (QED) is 0.937. The molecule has 0 aliphatic heterocycles. The molecule has 21 heavy (non-hydrogen) atoms. The van der Waals surface area contributed by atoms with E-state index in [1.165, 1.54) is 0 Å². The second-order valence-electron chi connectivity index (χ2n) is 5.20. The van der Waals surface area contributed by atoms with Gasteiger partial charge in [0.25, 0.3) is 5.91 Å². The molecule has 0 saturated heterocycles. The second kappa shape index (κ2) is 6.03. The predicted molar refractivity (Wildman–Crippen MR) is 82.7 cm³/mol. The first kappa shape index (κ1) is 15.8. The van der Waals surface area contributed by atoms with Crippen LogP contribution in [0.1, 0.15) is 36.8 Å². The fourth-order valence-electron chi connectivity index (χ4n) is 1.84. The Balaban J connectivity index is 2.20. The molecule has 0 fully saturated rings. The van der Waals surface area contributed by atoms with Crippen LogP contribution >= 0.6 is 23.2 Å². The molecule has 1 aromatic heterocycles.